The molecule has 3 N–H and O–H groups in total. The number of carbonyl (C=O) groups is 2. The van der Waals surface area contributed by atoms with Crippen LogP contribution in [0.4, 0.5) is 0 Å². The molecule has 1 atom stereocenters. The third kappa shape index (κ3) is 3.41. The lowest BCUT2D eigenvalue weighted by molar-refractivity contribution is -0.122. The number of rotatable bonds is 4. The SMILES string of the molecule is CNC(=O)C(C)NC(=O)c1ccc(-c2ccccc2)[nH]c1=O. The summed E-state index contributed by atoms with van der Waals surface area (Å²) >= 11 is 0. The van der Waals surface area contributed by atoms with Crippen LogP contribution in [0.5, 0.6) is 0 Å². The quantitative estimate of drug-likeness (QED) is 0.783. The van der Waals surface area contributed by atoms with Crippen molar-refractivity contribution >= 4 is 11.8 Å². The number of H-pyrrole nitrogens is 1. The molecule has 0 aliphatic rings. The minimum atomic E-state index is -0.717. The van der Waals surface area contributed by atoms with Crippen LogP contribution < -0.4 is 16.2 Å². The second-order valence-electron chi connectivity index (χ2n) is 4.79. The van der Waals surface area contributed by atoms with Gasteiger partial charge in [0.1, 0.15) is 11.6 Å². The lowest BCUT2D eigenvalue weighted by Gasteiger charge is -2.12. The highest BCUT2D eigenvalue weighted by Gasteiger charge is 2.17. The van der Waals surface area contributed by atoms with E-state index in [1.807, 2.05) is 30.3 Å². The minimum absolute atomic E-state index is 0.0320. The minimum Gasteiger partial charge on any atom is -0.357 e. The molecule has 6 heteroatoms. The van der Waals surface area contributed by atoms with Crippen LogP contribution >= 0.6 is 0 Å². The molecule has 1 heterocycles. The Morgan fingerprint density at radius 3 is 2.36 bits per heavy atom. The van der Waals surface area contributed by atoms with Crippen molar-refractivity contribution in [3.63, 3.8) is 0 Å². The number of hydrogen-bond donors (Lipinski definition) is 3. The van der Waals surface area contributed by atoms with Gasteiger partial charge in [-0.2, -0.15) is 0 Å². The molecule has 0 aliphatic heterocycles. The summed E-state index contributed by atoms with van der Waals surface area (Å²) in [4.78, 5) is 38.2. The molecule has 0 fully saturated rings. The van der Waals surface area contributed by atoms with Gasteiger partial charge in [-0.05, 0) is 24.6 Å². The molecule has 114 valence electrons. The van der Waals surface area contributed by atoms with E-state index in [0.29, 0.717) is 5.69 Å². The van der Waals surface area contributed by atoms with Crippen molar-refractivity contribution in [3.8, 4) is 11.3 Å². The lowest BCUT2D eigenvalue weighted by atomic mass is 10.1. The average Bonchev–Trinajstić information content (AvgIpc) is 2.54. The molecule has 2 amide bonds. The van der Waals surface area contributed by atoms with Gasteiger partial charge in [-0.3, -0.25) is 14.4 Å². The van der Waals surface area contributed by atoms with Crippen LogP contribution in [0.3, 0.4) is 0 Å². The molecule has 0 saturated heterocycles. The number of amides is 2. The standard InChI is InChI=1S/C16H17N3O3/c1-10(14(20)17-2)18-15(21)12-8-9-13(19-16(12)22)11-6-4-3-5-7-11/h3-10H,1-2H3,(H,17,20)(H,18,21)(H,19,22). The van der Waals surface area contributed by atoms with Crippen molar-refractivity contribution in [1.29, 1.82) is 0 Å². The van der Waals surface area contributed by atoms with Gasteiger partial charge in [0.25, 0.3) is 11.5 Å². The van der Waals surface area contributed by atoms with Gasteiger partial charge in [-0.25, -0.2) is 0 Å². The number of carbonyl (C=O) groups excluding carboxylic acids is 2. The maximum Gasteiger partial charge on any atom is 0.261 e. The number of hydrogen-bond acceptors (Lipinski definition) is 3. The topological polar surface area (TPSA) is 91.1 Å². The van der Waals surface area contributed by atoms with E-state index in [1.54, 1.807) is 13.0 Å². The Kier molecular flexibility index (Phi) is 4.73. The number of benzene rings is 1. The fraction of sp³-hybridized carbons (Fsp3) is 0.188. The molecular weight excluding hydrogens is 282 g/mol. The Labute approximate surface area is 127 Å². The molecule has 0 aliphatic carbocycles. The second kappa shape index (κ2) is 6.71. The molecule has 2 aromatic rings. The summed E-state index contributed by atoms with van der Waals surface area (Å²) in [6.07, 6.45) is 0. The lowest BCUT2D eigenvalue weighted by Crippen LogP contribution is -2.44. The first-order chi connectivity index (χ1) is 10.5. The molecule has 0 radical (unpaired) electrons. The van der Waals surface area contributed by atoms with Crippen molar-refractivity contribution in [1.82, 2.24) is 15.6 Å². The van der Waals surface area contributed by atoms with Gasteiger partial charge in [0.2, 0.25) is 5.91 Å². The van der Waals surface area contributed by atoms with E-state index in [0.717, 1.165) is 5.56 Å². The van der Waals surface area contributed by atoms with Crippen LogP contribution in [0.15, 0.2) is 47.3 Å². The van der Waals surface area contributed by atoms with Crippen molar-refractivity contribution in [2.75, 3.05) is 7.05 Å². The monoisotopic (exact) mass is 299 g/mol. The van der Waals surface area contributed by atoms with Crippen molar-refractivity contribution in [3.05, 3.63) is 58.4 Å². The van der Waals surface area contributed by atoms with E-state index >= 15 is 0 Å². The molecule has 1 unspecified atom stereocenters. The third-order valence-corrected chi connectivity index (χ3v) is 3.23. The smallest absolute Gasteiger partial charge is 0.261 e. The molecule has 0 saturated carbocycles. The fourth-order valence-corrected chi connectivity index (χ4v) is 2.00. The van der Waals surface area contributed by atoms with Crippen LogP contribution in [-0.4, -0.2) is 29.9 Å². The highest BCUT2D eigenvalue weighted by atomic mass is 16.2. The highest BCUT2D eigenvalue weighted by molar-refractivity contribution is 5.97. The highest BCUT2D eigenvalue weighted by Crippen LogP contribution is 2.14. The van der Waals surface area contributed by atoms with Crippen molar-refractivity contribution in [2.45, 2.75) is 13.0 Å². The first-order valence-electron chi connectivity index (χ1n) is 6.84. The average molecular weight is 299 g/mol. The number of nitrogens with one attached hydrogen (secondary N) is 3. The number of aromatic amines is 1. The Morgan fingerprint density at radius 1 is 1.09 bits per heavy atom. The summed E-state index contributed by atoms with van der Waals surface area (Å²) in [7, 11) is 1.48. The fourth-order valence-electron chi connectivity index (χ4n) is 2.00. The van der Waals surface area contributed by atoms with Crippen LogP contribution in [0.25, 0.3) is 11.3 Å². The van der Waals surface area contributed by atoms with Gasteiger partial charge in [0.15, 0.2) is 0 Å². The first kappa shape index (κ1) is 15.5. The molecule has 0 spiro atoms. The van der Waals surface area contributed by atoms with E-state index in [1.165, 1.54) is 13.1 Å². The number of likely N-dealkylation sites (N-methyl/N-ethyl adjacent to an activating group) is 1. The van der Waals surface area contributed by atoms with E-state index in [2.05, 4.69) is 15.6 Å². The Bertz CT molecular complexity index is 738. The van der Waals surface area contributed by atoms with Gasteiger partial charge in [-0.15, -0.1) is 0 Å². The largest absolute Gasteiger partial charge is 0.357 e. The summed E-state index contributed by atoms with van der Waals surface area (Å²) in [5.74, 6) is -0.914. The molecule has 1 aromatic heterocycles. The van der Waals surface area contributed by atoms with Crippen LogP contribution in [0.2, 0.25) is 0 Å². The van der Waals surface area contributed by atoms with E-state index < -0.39 is 17.5 Å². The molecular formula is C16H17N3O3. The van der Waals surface area contributed by atoms with Crippen molar-refractivity contribution in [2.24, 2.45) is 0 Å². The second-order valence-corrected chi connectivity index (χ2v) is 4.79. The zero-order valence-corrected chi connectivity index (χ0v) is 12.3. The summed E-state index contributed by atoms with van der Waals surface area (Å²) in [5.41, 5.74) is 0.949. The van der Waals surface area contributed by atoms with Gasteiger partial charge < -0.3 is 15.6 Å². The Balaban J connectivity index is 2.22. The maximum atomic E-state index is 12.1. The molecule has 1 aromatic carbocycles. The molecule has 0 bridgehead atoms. The van der Waals surface area contributed by atoms with Gasteiger partial charge in [0, 0.05) is 12.7 Å². The molecule has 22 heavy (non-hydrogen) atoms. The summed E-state index contributed by atoms with van der Waals surface area (Å²) in [6.45, 7) is 1.54. The third-order valence-electron chi connectivity index (χ3n) is 3.23. The first-order valence-corrected chi connectivity index (χ1v) is 6.84. The number of aromatic nitrogens is 1. The van der Waals surface area contributed by atoms with Crippen LogP contribution in [-0.2, 0) is 4.79 Å². The molecule has 2 rings (SSSR count). The van der Waals surface area contributed by atoms with Gasteiger partial charge in [0.05, 0.1) is 0 Å². The van der Waals surface area contributed by atoms with Gasteiger partial charge in [-0.1, -0.05) is 30.3 Å². The number of pyridine rings is 1. The Hall–Kier alpha value is -2.89. The van der Waals surface area contributed by atoms with E-state index in [4.69, 9.17) is 0 Å². The van der Waals surface area contributed by atoms with Gasteiger partial charge >= 0.3 is 0 Å². The van der Waals surface area contributed by atoms with E-state index in [9.17, 15) is 14.4 Å². The van der Waals surface area contributed by atoms with Crippen LogP contribution in [0.1, 0.15) is 17.3 Å². The summed E-state index contributed by atoms with van der Waals surface area (Å²) in [6, 6.07) is 11.7. The zero-order chi connectivity index (χ0) is 16.1. The summed E-state index contributed by atoms with van der Waals surface area (Å²) < 4.78 is 0. The predicted octanol–water partition coefficient (Wildman–Crippen LogP) is 0.906. The van der Waals surface area contributed by atoms with Crippen molar-refractivity contribution < 1.29 is 9.59 Å². The predicted molar refractivity (Wildman–Crippen MR) is 83.5 cm³/mol. The van der Waals surface area contributed by atoms with E-state index in [-0.39, 0.29) is 11.5 Å². The summed E-state index contributed by atoms with van der Waals surface area (Å²) in [5, 5.41) is 4.90. The van der Waals surface area contributed by atoms with Crippen LogP contribution in [0, 0.1) is 0 Å². The maximum absolute atomic E-state index is 12.1. The normalized spacial score (nSPS) is 11.5. The zero-order valence-electron chi connectivity index (χ0n) is 12.3. The molecule has 6 nitrogen and oxygen atoms in total. The Morgan fingerprint density at radius 2 is 1.77 bits per heavy atom.